The number of likely N-dealkylation sites (tertiary alicyclic amines) is 1. The first-order chi connectivity index (χ1) is 15.3. The fourth-order valence-corrected chi connectivity index (χ4v) is 4.67. The Balaban J connectivity index is 1.21. The molecule has 2 amide bonds. The van der Waals surface area contributed by atoms with Gasteiger partial charge in [0.25, 0.3) is 0 Å². The summed E-state index contributed by atoms with van der Waals surface area (Å²) in [5, 5.41) is 4.43. The van der Waals surface area contributed by atoms with Crippen LogP contribution in [0.15, 0.2) is 36.4 Å². The quantitative estimate of drug-likeness (QED) is 0.577. The molecule has 32 heavy (non-hydrogen) atoms. The van der Waals surface area contributed by atoms with Gasteiger partial charge < -0.3 is 19.9 Å². The summed E-state index contributed by atoms with van der Waals surface area (Å²) in [5.74, 6) is -2.23. The van der Waals surface area contributed by atoms with E-state index in [1.54, 1.807) is 4.90 Å². The number of Topliss-reactive ketones (excluding diaryl/α,β-unsaturated/α-hetero) is 1. The molecule has 0 radical (unpaired) electrons. The molecule has 0 aliphatic carbocycles. The molecular weight excluding hydrogens is 440 g/mol. The van der Waals surface area contributed by atoms with Crippen molar-refractivity contribution < 1.29 is 23.1 Å². The fraction of sp³-hybridized carbons (Fsp3) is 0.304. The first kappa shape index (κ1) is 20.8. The maximum Gasteiger partial charge on any atom is 0.317 e. The summed E-state index contributed by atoms with van der Waals surface area (Å²) >= 11 is 5.98. The SMILES string of the molecule is O=C1CC2(CCN(C(=O)NCc3ccc4[nH]c(Cl)cc4c3)CC2)Oc2c(F)cc(F)cc21. The summed E-state index contributed by atoms with van der Waals surface area (Å²) in [4.78, 5) is 29.9. The van der Waals surface area contributed by atoms with Crippen molar-refractivity contribution in [3.8, 4) is 5.75 Å². The van der Waals surface area contributed by atoms with Gasteiger partial charge in [-0.2, -0.15) is 0 Å². The molecule has 9 heteroatoms. The van der Waals surface area contributed by atoms with Crippen LogP contribution in [0.5, 0.6) is 5.75 Å². The van der Waals surface area contributed by atoms with Crippen molar-refractivity contribution in [2.24, 2.45) is 0 Å². The Kier molecular flexibility index (Phi) is 5.04. The van der Waals surface area contributed by atoms with Gasteiger partial charge in [0.2, 0.25) is 0 Å². The van der Waals surface area contributed by atoms with E-state index < -0.39 is 17.2 Å². The minimum absolute atomic E-state index is 0.0393. The second-order valence-electron chi connectivity index (χ2n) is 8.33. The number of hydrogen-bond acceptors (Lipinski definition) is 3. The Morgan fingerprint density at radius 1 is 1.19 bits per heavy atom. The smallest absolute Gasteiger partial charge is 0.317 e. The van der Waals surface area contributed by atoms with Crippen molar-refractivity contribution in [1.29, 1.82) is 0 Å². The summed E-state index contributed by atoms with van der Waals surface area (Å²) in [6.07, 6.45) is 0.810. The summed E-state index contributed by atoms with van der Waals surface area (Å²) in [7, 11) is 0. The lowest BCUT2D eigenvalue weighted by atomic mass is 9.82. The molecule has 0 bridgehead atoms. The number of urea groups is 1. The van der Waals surface area contributed by atoms with E-state index in [2.05, 4.69) is 10.3 Å². The van der Waals surface area contributed by atoms with Crippen molar-refractivity contribution in [3.05, 3.63) is 64.3 Å². The van der Waals surface area contributed by atoms with Crippen LogP contribution >= 0.6 is 11.6 Å². The monoisotopic (exact) mass is 459 g/mol. The van der Waals surface area contributed by atoms with E-state index in [4.69, 9.17) is 16.3 Å². The highest BCUT2D eigenvalue weighted by Gasteiger charge is 2.44. The Bertz CT molecular complexity index is 1230. The number of halogens is 3. The lowest BCUT2D eigenvalue weighted by molar-refractivity contribution is -0.00365. The van der Waals surface area contributed by atoms with Crippen molar-refractivity contribution in [1.82, 2.24) is 15.2 Å². The Labute approximate surface area is 187 Å². The molecule has 2 N–H and O–H groups in total. The van der Waals surface area contributed by atoms with Gasteiger partial charge in [-0.25, -0.2) is 13.6 Å². The Morgan fingerprint density at radius 3 is 2.75 bits per heavy atom. The van der Waals surface area contributed by atoms with Gasteiger partial charge in [-0.1, -0.05) is 17.7 Å². The van der Waals surface area contributed by atoms with Gasteiger partial charge in [0.05, 0.1) is 12.0 Å². The first-order valence-electron chi connectivity index (χ1n) is 10.3. The van der Waals surface area contributed by atoms with Gasteiger partial charge in [0.1, 0.15) is 16.6 Å². The van der Waals surface area contributed by atoms with Crippen LogP contribution in [0.25, 0.3) is 10.9 Å². The summed E-state index contributed by atoms with van der Waals surface area (Å²) in [6.45, 7) is 1.09. The van der Waals surface area contributed by atoms with Crippen LogP contribution in [0.3, 0.4) is 0 Å². The number of carbonyl (C=O) groups excluding carboxylic acids is 2. The summed E-state index contributed by atoms with van der Waals surface area (Å²) in [5.41, 5.74) is 0.927. The fourth-order valence-electron chi connectivity index (χ4n) is 4.45. The molecule has 2 aromatic carbocycles. The van der Waals surface area contributed by atoms with E-state index in [1.165, 1.54) is 0 Å². The molecule has 2 aliphatic heterocycles. The van der Waals surface area contributed by atoms with Crippen LogP contribution in [0.2, 0.25) is 5.15 Å². The topological polar surface area (TPSA) is 74.4 Å². The molecule has 2 aliphatic rings. The summed E-state index contributed by atoms with van der Waals surface area (Å²) in [6, 6.07) is 9.11. The predicted octanol–water partition coefficient (Wildman–Crippen LogP) is 4.81. The molecule has 1 aromatic heterocycles. The second-order valence-corrected chi connectivity index (χ2v) is 8.74. The summed E-state index contributed by atoms with van der Waals surface area (Å²) < 4.78 is 33.6. The standard InChI is InChI=1S/C23H20ClF2N3O3/c24-20-8-14-7-13(1-2-18(14)28-20)12-27-22(31)29-5-3-23(4-6-29)11-19(30)16-9-15(25)10-17(26)21(16)32-23/h1-2,7-10,28H,3-6,11-12H2,(H,27,31). The number of hydrogen-bond donors (Lipinski definition) is 2. The average Bonchev–Trinajstić information content (AvgIpc) is 3.13. The second kappa shape index (κ2) is 7.78. The number of benzene rings is 2. The number of aromatic nitrogens is 1. The molecular formula is C23H20ClF2N3O3. The van der Waals surface area contributed by atoms with Gasteiger partial charge in [-0.3, -0.25) is 4.79 Å². The zero-order chi connectivity index (χ0) is 22.5. The van der Waals surface area contributed by atoms with Crippen molar-refractivity contribution in [3.63, 3.8) is 0 Å². The van der Waals surface area contributed by atoms with Crippen molar-refractivity contribution >= 4 is 34.3 Å². The molecule has 166 valence electrons. The number of amides is 2. The number of rotatable bonds is 2. The van der Waals surface area contributed by atoms with E-state index >= 15 is 0 Å². The average molecular weight is 460 g/mol. The number of piperidine rings is 1. The maximum absolute atomic E-state index is 14.2. The van der Waals surface area contributed by atoms with Crippen LogP contribution in [-0.2, 0) is 6.54 Å². The molecule has 0 atom stereocenters. The van der Waals surface area contributed by atoms with Crippen molar-refractivity contribution in [2.75, 3.05) is 13.1 Å². The Hall–Kier alpha value is -3.13. The molecule has 5 rings (SSSR count). The van der Waals surface area contributed by atoms with E-state index in [0.717, 1.165) is 22.5 Å². The van der Waals surface area contributed by atoms with E-state index in [9.17, 15) is 18.4 Å². The highest BCUT2D eigenvalue weighted by Crippen LogP contribution is 2.41. The van der Waals surface area contributed by atoms with Crippen LogP contribution < -0.4 is 10.1 Å². The molecule has 1 saturated heterocycles. The molecule has 0 saturated carbocycles. The van der Waals surface area contributed by atoms with Crippen molar-refractivity contribution in [2.45, 2.75) is 31.4 Å². The van der Waals surface area contributed by atoms with Crippen LogP contribution in [0.1, 0.15) is 35.2 Å². The van der Waals surface area contributed by atoms with E-state index in [-0.39, 0.29) is 29.5 Å². The van der Waals surface area contributed by atoms with Crippen LogP contribution in [0.4, 0.5) is 13.6 Å². The molecule has 0 unspecified atom stereocenters. The maximum atomic E-state index is 14.2. The predicted molar refractivity (Wildman–Crippen MR) is 115 cm³/mol. The first-order valence-corrected chi connectivity index (χ1v) is 10.7. The molecule has 3 heterocycles. The van der Waals surface area contributed by atoms with Crippen LogP contribution in [0, 0.1) is 11.6 Å². The number of ketones is 1. The zero-order valence-electron chi connectivity index (χ0n) is 17.0. The molecule has 6 nitrogen and oxygen atoms in total. The van der Waals surface area contributed by atoms with Gasteiger partial charge in [0.15, 0.2) is 17.3 Å². The number of H-pyrrole nitrogens is 1. The number of fused-ring (bicyclic) bond motifs is 2. The van der Waals surface area contributed by atoms with Crippen LogP contribution in [-0.4, -0.2) is 40.4 Å². The third-order valence-corrected chi connectivity index (χ3v) is 6.37. The van der Waals surface area contributed by atoms with E-state index in [1.807, 2.05) is 24.3 Å². The van der Waals surface area contributed by atoms with E-state index in [0.29, 0.717) is 43.7 Å². The molecule has 3 aromatic rings. The molecule has 1 spiro atoms. The third kappa shape index (κ3) is 3.79. The minimum atomic E-state index is -0.881. The highest BCUT2D eigenvalue weighted by molar-refractivity contribution is 6.30. The van der Waals surface area contributed by atoms with Gasteiger partial charge in [0, 0.05) is 49.4 Å². The number of aromatic amines is 1. The highest BCUT2D eigenvalue weighted by atomic mass is 35.5. The number of nitrogens with zero attached hydrogens (tertiary/aromatic N) is 1. The normalized spacial score (nSPS) is 17.3. The zero-order valence-corrected chi connectivity index (χ0v) is 17.8. The number of ether oxygens (including phenoxy) is 1. The lowest BCUT2D eigenvalue weighted by Gasteiger charge is -2.43. The van der Waals surface area contributed by atoms with Gasteiger partial charge in [-0.05, 0) is 29.8 Å². The number of carbonyl (C=O) groups is 2. The van der Waals surface area contributed by atoms with Gasteiger partial charge in [-0.15, -0.1) is 0 Å². The minimum Gasteiger partial charge on any atom is -0.483 e. The van der Waals surface area contributed by atoms with Gasteiger partial charge >= 0.3 is 6.03 Å². The largest absolute Gasteiger partial charge is 0.483 e. The number of nitrogens with one attached hydrogen (secondary N) is 2. The molecule has 1 fully saturated rings. The Morgan fingerprint density at radius 2 is 1.97 bits per heavy atom. The lowest BCUT2D eigenvalue weighted by Crippen LogP contribution is -2.54. The third-order valence-electron chi connectivity index (χ3n) is 6.17.